The molecule has 3 rings (SSSR count). The molecule has 6 nitrogen and oxygen atoms in total. The average Bonchev–Trinajstić information content (AvgIpc) is 2.78. The molecule has 1 aliphatic rings. The van der Waals surface area contributed by atoms with Gasteiger partial charge < -0.3 is 15.0 Å². The molecule has 2 aromatic carbocycles. The van der Waals surface area contributed by atoms with Crippen LogP contribution >= 0.6 is 0 Å². The van der Waals surface area contributed by atoms with E-state index < -0.39 is 5.60 Å². The Morgan fingerprint density at radius 3 is 1.83 bits per heavy atom. The van der Waals surface area contributed by atoms with E-state index in [0.29, 0.717) is 32.6 Å². The molecule has 6 heteroatoms. The van der Waals surface area contributed by atoms with E-state index in [1.807, 2.05) is 57.2 Å². The highest BCUT2D eigenvalue weighted by atomic mass is 16.6. The fourth-order valence-electron chi connectivity index (χ4n) is 4.48. The molecule has 1 heterocycles. The van der Waals surface area contributed by atoms with Crippen molar-refractivity contribution in [3.8, 4) is 0 Å². The first-order chi connectivity index (χ1) is 16.4. The lowest BCUT2D eigenvalue weighted by Crippen LogP contribution is -2.53. The second-order valence-electron chi connectivity index (χ2n) is 11.6. The minimum Gasteiger partial charge on any atom is -0.444 e. The topological polar surface area (TPSA) is 61.9 Å². The van der Waals surface area contributed by atoms with Crippen molar-refractivity contribution in [3.63, 3.8) is 0 Å². The lowest BCUT2D eigenvalue weighted by molar-refractivity contribution is -0.124. The fraction of sp³-hybridized carbons (Fsp3) is 0.517. The zero-order valence-corrected chi connectivity index (χ0v) is 22.1. The van der Waals surface area contributed by atoms with Gasteiger partial charge in [-0.3, -0.25) is 9.69 Å². The number of carbonyl (C=O) groups excluding carboxylic acids is 2. The van der Waals surface area contributed by atoms with Crippen LogP contribution in [0.4, 0.5) is 4.79 Å². The third kappa shape index (κ3) is 8.10. The fourth-order valence-corrected chi connectivity index (χ4v) is 4.48. The Kier molecular flexibility index (Phi) is 8.60. The molecular weight excluding hydrogens is 438 g/mol. The van der Waals surface area contributed by atoms with Crippen LogP contribution in [0, 0.1) is 5.41 Å². The van der Waals surface area contributed by atoms with Crippen molar-refractivity contribution < 1.29 is 14.3 Å². The first kappa shape index (κ1) is 26.7. The number of nitrogens with one attached hydrogen (secondary N) is 1. The van der Waals surface area contributed by atoms with Gasteiger partial charge in [0, 0.05) is 32.6 Å². The highest BCUT2D eigenvalue weighted by Crippen LogP contribution is 2.35. The monoisotopic (exact) mass is 479 g/mol. The molecule has 1 fully saturated rings. The summed E-state index contributed by atoms with van der Waals surface area (Å²) >= 11 is 0. The molecule has 0 radical (unpaired) electrons. The van der Waals surface area contributed by atoms with Crippen LogP contribution in [0.15, 0.2) is 60.7 Å². The Morgan fingerprint density at radius 1 is 0.829 bits per heavy atom. The molecule has 1 saturated heterocycles. The highest BCUT2D eigenvalue weighted by molar-refractivity contribution is 5.77. The molecule has 1 aliphatic heterocycles. The zero-order valence-electron chi connectivity index (χ0n) is 22.1. The smallest absolute Gasteiger partial charge is 0.410 e. The lowest BCUT2D eigenvalue weighted by Gasteiger charge is -2.43. The molecule has 0 spiro atoms. The van der Waals surface area contributed by atoms with Crippen molar-refractivity contribution in [1.29, 1.82) is 0 Å². The van der Waals surface area contributed by atoms with Crippen LogP contribution in [0.1, 0.15) is 71.2 Å². The minimum atomic E-state index is -0.517. The number of hydrogen-bond donors (Lipinski definition) is 1. The van der Waals surface area contributed by atoms with Crippen molar-refractivity contribution in [2.24, 2.45) is 5.41 Å². The summed E-state index contributed by atoms with van der Waals surface area (Å²) in [4.78, 5) is 29.9. The molecule has 0 saturated carbocycles. The van der Waals surface area contributed by atoms with Gasteiger partial charge in [0.1, 0.15) is 5.60 Å². The third-order valence-corrected chi connectivity index (χ3v) is 5.98. The number of nitrogens with zero attached hydrogens (tertiary/aromatic N) is 2. The van der Waals surface area contributed by atoms with Gasteiger partial charge >= 0.3 is 6.09 Å². The second kappa shape index (κ2) is 11.3. The highest BCUT2D eigenvalue weighted by Gasteiger charge is 2.35. The van der Waals surface area contributed by atoms with Crippen molar-refractivity contribution in [2.75, 3.05) is 26.2 Å². The van der Waals surface area contributed by atoms with E-state index in [9.17, 15) is 9.59 Å². The van der Waals surface area contributed by atoms with Crippen molar-refractivity contribution in [3.05, 3.63) is 71.8 Å². The van der Waals surface area contributed by atoms with E-state index in [1.54, 1.807) is 4.90 Å². The summed E-state index contributed by atoms with van der Waals surface area (Å²) in [6, 6.07) is 20.2. The first-order valence-electron chi connectivity index (χ1n) is 12.5. The largest absolute Gasteiger partial charge is 0.444 e. The summed E-state index contributed by atoms with van der Waals surface area (Å²) in [5.41, 5.74) is 1.59. The third-order valence-electron chi connectivity index (χ3n) is 5.98. The predicted octanol–water partition coefficient (Wildman–Crippen LogP) is 5.57. The van der Waals surface area contributed by atoms with Gasteiger partial charge in [-0.05, 0) is 37.3 Å². The summed E-state index contributed by atoms with van der Waals surface area (Å²) in [6.07, 6.45) is 0.177. The molecule has 0 aromatic heterocycles. The van der Waals surface area contributed by atoms with Gasteiger partial charge in [-0.1, -0.05) is 81.4 Å². The number of piperazine rings is 1. The van der Waals surface area contributed by atoms with Crippen molar-refractivity contribution in [2.45, 2.75) is 65.6 Å². The quantitative estimate of drug-likeness (QED) is 0.588. The number of amides is 2. The summed E-state index contributed by atoms with van der Waals surface area (Å²) in [6.45, 7) is 14.4. The Morgan fingerprint density at radius 2 is 1.34 bits per heavy atom. The number of ether oxygens (including phenoxy) is 1. The minimum absolute atomic E-state index is 0.0414. The molecule has 1 N–H and O–H groups in total. The summed E-state index contributed by atoms with van der Waals surface area (Å²) in [5.74, 6) is 0.0414. The van der Waals surface area contributed by atoms with Crippen LogP contribution in [-0.4, -0.2) is 53.6 Å². The van der Waals surface area contributed by atoms with Gasteiger partial charge in [-0.25, -0.2) is 4.79 Å². The second-order valence-corrected chi connectivity index (χ2v) is 11.6. The van der Waals surface area contributed by atoms with E-state index in [4.69, 9.17) is 4.74 Å². The van der Waals surface area contributed by atoms with Gasteiger partial charge in [0.2, 0.25) is 5.91 Å². The van der Waals surface area contributed by atoms with Crippen LogP contribution in [0.25, 0.3) is 0 Å². The number of hydrogen-bond acceptors (Lipinski definition) is 4. The first-order valence-corrected chi connectivity index (χ1v) is 12.5. The molecule has 35 heavy (non-hydrogen) atoms. The van der Waals surface area contributed by atoms with Crippen molar-refractivity contribution >= 4 is 12.0 Å². The van der Waals surface area contributed by atoms with Gasteiger partial charge in [0.25, 0.3) is 0 Å². The maximum atomic E-state index is 13.1. The van der Waals surface area contributed by atoms with Crippen LogP contribution in [0.5, 0.6) is 0 Å². The maximum absolute atomic E-state index is 13.1. The van der Waals surface area contributed by atoms with Gasteiger partial charge in [-0.15, -0.1) is 0 Å². The molecule has 0 bridgehead atoms. The van der Waals surface area contributed by atoms with Crippen LogP contribution in [-0.2, 0) is 9.53 Å². The number of rotatable bonds is 6. The number of benzene rings is 2. The molecule has 2 aromatic rings. The van der Waals surface area contributed by atoms with Gasteiger partial charge in [0.15, 0.2) is 0 Å². The predicted molar refractivity (Wildman–Crippen MR) is 140 cm³/mol. The SMILES string of the molecule is CC(C)(C)CC(=O)NC(c1ccccc1)C(c1ccccc1)N1CCN(C(=O)OC(C)(C)C)CC1. The summed E-state index contributed by atoms with van der Waals surface area (Å²) in [5, 5.41) is 3.36. The van der Waals surface area contributed by atoms with Crippen LogP contribution < -0.4 is 5.32 Å². The van der Waals surface area contributed by atoms with Crippen LogP contribution in [0.2, 0.25) is 0 Å². The molecule has 0 aliphatic carbocycles. The van der Waals surface area contributed by atoms with E-state index in [2.05, 4.69) is 55.3 Å². The molecule has 2 atom stereocenters. The number of carbonyl (C=O) groups is 2. The van der Waals surface area contributed by atoms with E-state index >= 15 is 0 Å². The van der Waals surface area contributed by atoms with Crippen molar-refractivity contribution in [1.82, 2.24) is 15.1 Å². The van der Waals surface area contributed by atoms with Crippen LogP contribution in [0.3, 0.4) is 0 Å². The van der Waals surface area contributed by atoms with E-state index in [1.165, 1.54) is 0 Å². The molecule has 2 unspecified atom stereocenters. The molecule has 2 amide bonds. The molecule has 190 valence electrons. The van der Waals surface area contributed by atoms with Gasteiger partial charge in [0.05, 0.1) is 12.1 Å². The van der Waals surface area contributed by atoms with E-state index in [0.717, 1.165) is 11.1 Å². The molecular formula is C29H41N3O3. The Labute approximate surface area is 210 Å². The Balaban J connectivity index is 1.88. The zero-order chi connectivity index (χ0) is 25.6. The Hall–Kier alpha value is -2.86. The summed E-state index contributed by atoms with van der Waals surface area (Å²) in [7, 11) is 0. The summed E-state index contributed by atoms with van der Waals surface area (Å²) < 4.78 is 5.58. The average molecular weight is 480 g/mol. The van der Waals surface area contributed by atoms with Gasteiger partial charge in [-0.2, -0.15) is 0 Å². The normalized spacial score (nSPS) is 16.9. The lowest BCUT2D eigenvalue weighted by atomic mass is 9.89. The maximum Gasteiger partial charge on any atom is 0.410 e. The Bertz CT molecular complexity index is 956. The van der Waals surface area contributed by atoms with E-state index in [-0.39, 0.29) is 29.5 Å². The standard InChI is InChI=1S/C29H41N3O3/c1-28(2,3)21-24(33)30-25(22-13-9-7-10-14-22)26(23-15-11-8-12-16-23)31-17-19-32(20-18-31)27(34)35-29(4,5)6/h7-16,25-26H,17-21H2,1-6H3,(H,30,33).